The summed E-state index contributed by atoms with van der Waals surface area (Å²) >= 11 is 0. The molecule has 0 aliphatic carbocycles. The Kier molecular flexibility index (Phi) is 2.49. The van der Waals surface area contributed by atoms with E-state index >= 15 is 0 Å². The molecule has 0 atom stereocenters. The van der Waals surface area contributed by atoms with Crippen LogP contribution in [0.1, 0.15) is 0 Å². The van der Waals surface area contributed by atoms with Crippen LogP contribution in [0, 0.1) is 0 Å². The summed E-state index contributed by atoms with van der Waals surface area (Å²) in [7, 11) is 0. The molecule has 0 bridgehead atoms. The summed E-state index contributed by atoms with van der Waals surface area (Å²) in [6.07, 6.45) is 0. The van der Waals surface area contributed by atoms with Gasteiger partial charge in [0.05, 0.1) is 0 Å². The van der Waals surface area contributed by atoms with Gasteiger partial charge in [0.1, 0.15) is 0 Å². The van der Waals surface area contributed by atoms with Crippen LogP contribution in [0.5, 0.6) is 0 Å². The summed E-state index contributed by atoms with van der Waals surface area (Å²) in [6, 6.07) is 36.0. The van der Waals surface area contributed by atoms with E-state index in [4.69, 9.17) is 0 Å². The molecule has 8 rings (SSSR count). The first-order chi connectivity index (χ1) is 14.9. The Morgan fingerprint density at radius 2 is 0.567 bits per heavy atom. The fraction of sp³-hybridized carbons (Fsp3) is 0. The largest absolute Gasteiger partial charge is 0.0616 e. The molecule has 0 amide bonds. The van der Waals surface area contributed by atoms with E-state index in [-0.39, 0.29) is 0 Å². The third-order valence-corrected chi connectivity index (χ3v) is 7.10. The quantitative estimate of drug-likeness (QED) is 0.248. The summed E-state index contributed by atoms with van der Waals surface area (Å²) in [6.45, 7) is 0. The molecule has 0 saturated carbocycles. The summed E-state index contributed by atoms with van der Waals surface area (Å²) in [5.41, 5.74) is 0. The zero-order chi connectivity index (χ0) is 19.4. The highest BCUT2D eigenvalue weighted by atomic mass is 14.2. The van der Waals surface area contributed by atoms with Gasteiger partial charge in [-0.25, -0.2) is 0 Å². The van der Waals surface area contributed by atoms with Crippen molar-refractivity contribution in [3.05, 3.63) is 97.1 Å². The number of fused-ring (bicyclic) bond motifs is 10. The smallest absolute Gasteiger partial charge is 0.000719 e. The summed E-state index contributed by atoms with van der Waals surface area (Å²) in [5.74, 6) is 0. The molecular formula is C30H16. The van der Waals surface area contributed by atoms with Gasteiger partial charge in [-0.1, -0.05) is 97.1 Å². The van der Waals surface area contributed by atoms with Crippen molar-refractivity contribution in [2.24, 2.45) is 0 Å². The molecule has 0 spiro atoms. The van der Waals surface area contributed by atoms with Crippen molar-refractivity contribution in [1.82, 2.24) is 0 Å². The highest BCUT2D eigenvalue weighted by molar-refractivity contribution is 6.49. The molecule has 0 nitrogen and oxygen atoms in total. The minimum absolute atomic E-state index is 1.33. The van der Waals surface area contributed by atoms with Crippen molar-refractivity contribution in [3.63, 3.8) is 0 Å². The van der Waals surface area contributed by atoms with E-state index in [1.165, 1.54) is 75.4 Å². The average molecular weight is 376 g/mol. The zero-order valence-corrected chi connectivity index (χ0v) is 16.2. The lowest BCUT2D eigenvalue weighted by Gasteiger charge is -2.06. The van der Waals surface area contributed by atoms with Crippen LogP contribution in [0.2, 0.25) is 0 Å². The lowest BCUT2D eigenvalue weighted by molar-refractivity contribution is 1.84. The first-order valence-corrected chi connectivity index (χ1v) is 10.6. The van der Waals surface area contributed by atoms with Crippen LogP contribution in [0.3, 0.4) is 0 Å². The van der Waals surface area contributed by atoms with Crippen LogP contribution >= 0.6 is 0 Å². The molecule has 0 aliphatic rings. The second kappa shape index (κ2) is 4.98. The first kappa shape index (κ1) is 15.0. The van der Waals surface area contributed by atoms with E-state index < -0.39 is 0 Å². The normalized spacial score (nSPS) is 12.7. The van der Waals surface area contributed by atoms with Crippen molar-refractivity contribution in [1.29, 1.82) is 0 Å². The van der Waals surface area contributed by atoms with E-state index in [9.17, 15) is 0 Å². The fourth-order valence-electron chi connectivity index (χ4n) is 6.05. The number of hydrogen-bond donors (Lipinski definition) is 0. The van der Waals surface area contributed by atoms with Crippen LogP contribution < -0.4 is 0 Å². The molecule has 0 heterocycles. The van der Waals surface area contributed by atoms with Crippen LogP contribution in [0.4, 0.5) is 0 Å². The number of rotatable bonds is 0. The maximum atomic E-state index is 2.32. The Labute approximate surface area is 172 Å². The molecule has 0 aromatic heterocycles. The highest BCUT2D eigenvalue weighted by Crippen LogP contribution is 2.51. The Balaban J connectivity index is 1.91. The molecule has 0 fully saturated rings. The Morgan fingerprint density at radius 3 is 0.967 bits per heavy atom. The molecule has 0 N–H and O–H groups in total. The summed E-state index contributed by atoms with van der Waals surface area (Å²) in [4.78, 5) is 0. The van der Waals surface area contributed by atoms with Gasteiger partial charge in [0.15, 0.2) is 0 Å². The Bertz CT molecular complexity index is 1780. The molecule has 0 radical (unpaired) electrons. The van der Waals surface area contributed by atoms with E-state index in [0.29, 0.717) is 0 Å². The van der Waals surface area contributed by atoms with E-state index in [0.717, 1.165) is 0 Å². The Hall–Kier alpha value is -3.90. The molecular weight excluding hydrogens is 360 g/mol. The summed E-state index contributed by atoms with van der Waals surface area (Å²) < 4.78 is 0. The number of hydrogen-bond acceptors (Lipinski definition) is 0. The predicted molar refractivity (Wildman–Crippen MR) is 131 cm³/mol. The van der Waals surface area contributed by atoms with Gasteiger partial charge in [-0.3, -0.25) is 0 Å². The summed E-state index contributed by atoms with van der Waals surface area (Å²) in [5, 5.41) is 19.3. The van der Waals surface area contributed by atoms with Gasteiger partial charge >= 0.3 is 0 Å². The first-order valence-electron chi connectivity index (χ1n) is 10.6. The third kappa shape index (κ3) is 1.55. The van der Waals surface area contributed by atoms with Crippen LogP contribution in [-0.2, 0) is 0 Å². The Morgan fingerprint density at radius 1 is 0.233 bits per heavy atom. The monoisotopic (exact) mass is 376 g/mol. The van der Waals surface area contributed by atoms with Crippen LogP contribution in [0.15, 0.2) is 97.1 Å². The van der Waals surface area contributed by atoms with Crippen molar-refractivity contribution in [2.75, 3.05) is 0 Å². The second-order valence-electron chi connectivity index (χ2n) is 8.46. The lowest BCUT2D eigenvalue weighted by atomic mass is 9.96. The maximum absolute atomic E-state index is 2.32. The topological polar surface area (TPSA) is 0 Å². The van der Waals surface area contributed by atoms with Crippen molar-refractivity contribution in [2.45, 2.75) is 0 Å². The van der Waals surface area contributed by atoms with Crippen molar-refractivity contribution in [3.8, 4) is 0 Å². The van der Waals surface area contributed by atoms with Gasteiger partial charge in [-0.15, -0.1) is 0 Å². The van der Waals surface area contributed by atoms with Gasteiger partial charge in [0.2, 0.25) is 0 Å². The van der Waals surface area contributed by atoms with Gasteiger partial charge in [0.25, 0.3) is 0 Å². The van der Waals surface area contributed by atoms with Gasteiger partial charge < -0.3 is 0 Å². The molecule has 136 valence electrons. The molecule has 30 heavy (non-hydrogen) atoms. The minimum atomic E-state index is 1.33. The van der Waals surface area contributed by atoms with Gasteiger partial charge in [-0.2, -0.15) is 0 Å². The number of benzene rings is 6. The molecule has 0 heteroatoms. The van der Waals surface area contributed by atoms with Crippen LogP contribution in [0.25, 0.3) is 75.4 Å². The minimum Gasteiger partial charge on any atom is -0.0616 e. The fourth-order valence-corrected chi connectivity index (χ4v) is 6.05. The molecule has 8 aromatic rings. The maximum Gasteiger partial charge on any atom is -0.000719 e. The van der Waals surface area contributed by atoms with Crippen LogP contribution in [-0.4, -0.2) is 0 Å². The standard InChI is InChI=1S/C30H16/c1-2-12-20-19(11-1)27-21-13-3-7-17-9-5-15-23(25(17)21)29(27)30-24-16-6-10-18-8-4-14-22(26(18)24)28(20)30/h1-16H. The SMILES string of the molecule is c1ccc2c(c1)c1c3cccc4cccc(c43)c1c1c3cccc4cccc(c43)c21. The predicted octanol–water partition coefficient (Wildman–Crippen LogP) is 8.63. The third-order valence-electron chi connectivity index (χ3n) is 7.10. The van der Waals surface area contributed by atoms with E-state index in [2.05, 4.69) is 97.1 Å². The van der Waals surface area contributed by atoms with Crippen molar-refractivity contribution < 1.29 is 0 Å². The molecule has 0 unspecified atom stereocenters. The molecule has 8 aromatic carbocycles. The highest BCUT2D eigenvalue weighted by Gasteiger charge is 2.22. The lowest BCUT2D eigenvalue weighted by Crippen LogP contribution is -1.78. The van der Waals surface area contributed by atoms with Crippen molar-refractivity contribution >= 4 is 75.4 Å². The second-order valence-corrected chi connectivity index (χ2v) is 8.46. The molecule has 0 aliphatic heterocycles. The van der Waals surface area contributed by atoms with Gasteiger partial charge in [-0.05, 0) is 75.4 Å². The zero-order valence-electron chi connectivity index (χ0n) is 16.2. The average Bonchev–Trinajstić information content (AvgIpc) is 3.31. The van der Waals surface area contributed by atoms with E-state index in [1.54, 1.807) is 0 Å². The van der Waals surface area contributed by atoms with Gasteiger partial charge in [0, 0.05) is 0 Å². The van der Waals surface area contributed by atoms with E-state index in [1.807, 2.05) is 0 Å². The molecule has 0 saturated heterocycles.